The van der Waals surface area contributed by atoms with Gasteiger partial charge in [-0.1, -0.05) is 18.2 Å². The molecule has 0 aliphatic rings. The van der Waals surface area contributed by atoms with Gasteiger partial charge in [-0.05, 0) is 60.5 Å². The maximum atomic E-state index is 13.4. The monoisotopic (exact) mass is 427 g/mol. The van der Waals surface area contributed by atoms with Crippen molar-refractivity contribution in [2.45, 2.75) is 19.6 Å². The highest BCUT2D eigenvalue weighted by Crippen LogP contribution is 2.29. The second-order valence-corrected chi connectivity index (χ2v) is 7.11. The van der Waals surface area contributed by atoms with Gasteiger partial charge in [0, 0.05) is 11.9 Å². The van der Waals surface area contributed by atoms with Crippen LogP contribution >= 0.6 is 0 Å². The van der Waals surface area contributed by atoms with Crippen LogP contribution in [0.5, 0.6) is 0 Å². The summed E-state index contributed by atoms with van der Waals surface area (Å²) in [5.41, 5.74) is 1.93. The standard InChI is InChI=1S/C23H17F4N3O/c1-14-10-17(24)8-9-20(14)30-21-7-3-6-18(19(21)13-29-30)22(31)28-12-15-4-2-5-16(11-15)23(25,26)27/h2-11,13H,12H2,1H3,(H,28,31). The average Bonchev–Trinajstić information content (AvgIpc) is 3.15. The van der Waals surface area contributed by atoms with Gasteiger partial charge in [0.25, 0.3) is 5.91 Å². The number of halogens is 4. The Morgan fingerprint density at radius 1 is 1.06 bits per heavy atom. The van der Waals surface area contributed by atoms with Gasteiger partial charge in [0.15, 0.2) is 0 Å². The number of hydrogen-bond acceptors (Lipinski definition) is 2. The average molecular weight is 427 g/mol. The molecule has 1 heterocycles. The lowest BCUT2D eigenvalue weighted by Crippen LogP contribution is -2.23. The fourth-order valence-electron chi connectivity index (χ4n) is 3.43. The topological polar surface area (TPSA) is 46.9 Å². The van der Waals surface area contributed by atoms with E-state index in [1.807, 2.05) is 0 Å². The van der Waals surface area contributed by atoms with E-state index in [1.54, 1.807) is 35.9 Å². The first kappa shape index (κ1) is 20.6. The summed E-state index contributed by atoms with van der Waals surface area (Å²) in [5.74, 6) is -0.786. The smallest absolute Gasteiger partial charge is 0.348 e. The molecule has 0 saturated carbocycles. The molecule has 0 bridgehead atoms. The summed E-state index contributed by atoms with van der Waals surface area (Å²) in [7, 11) is 0. The van der Waals surface area contributed by atoms with E-state index in [0.29, 0.717) is 33.3 Å². The second kappa shape index (κ2) is 7.86. The molecule has 4 aromatic rings. The Kier molecular flexibility index (Phi) is 5.22. The van der Waals surface area contributed by atoms with Crippen LogP contribution < -0.4 is 5.32 Å². The van der Waals surface area contributed by atoms with Gasteiger partial charge < -0.3 is 5.32 Å². The largest absolute Gasteiger partial charge is 0.416 e. The minimum atomic E-state index is -4.45. The van der Waals surface area contributed by atoms with Crippen molar-refractivity contribution in [2.75, 3.05) is 0 Å². The number of carbonyl (C=O) groups excluding carboxylic acids is 1. The molecule has 1 aromatic heterocycles. The van der Waals surface area contributed by atoms with E-state index in [4.69, 9.17) is 0 Å². The van der Waals surface area contributed by atoms with Crippen LogP contribution in [0.15, 0.2) is 66.9 Å². The Morgan fingerprint density at radius 3 is 2.58 bits per heavy atom. The van der Waals surface area contributed by atoms with Crippen LogP contribution in [0.25, 0.3) is 16.6 Å². The van der Waals surface area contributed by atoms with Crippen molar-refractivity contribution in [3.63, 3.8) is 0 Å². The van der Waals surface area contributed by atoms with Crippen molar-refractivity contribution in [3.05, 3.63) is 94.9 Å². The number of hydrogen-bond donors (Lipinski definition) is 1. The van der Waals surface area contributed by atoms with Gasteiger partial charge in [-0.2, -0.15) is 18.3 Å². The molecule has 4 rings (SSSR count). The Labute approximate surface area is 175 Å². The number of aromatic nitrogens is 2. The van der Waals surface area contributed by atoms with Gasteiger partial charge in [-0.15, -0.1) is 0 Å². The predicted molar refractivity (Wildman–Crippen MR) is 108 cm³/mol. The molecule has 0 saturated heterocycles. The van der Waals surface area contributed by atoms with E-state index in [9.17, 15) is 22.4 Å². The molecule has 8 heteroatoms. The maximum absolute atomic E-state index is 13.4. The van der Waals surface area contributed by atoms with Crippen LogP contribution in [0.4, 0.5) is 17.6 Å². The zero-order chi connectivity index (χ0) is 22.2. The van der Waals surface area contributed by atoms with Crippen LogP contribution in [0, 0.1) is 12.7 Å². The van der Waals surface area contributed by atoms with E-state index >= 15 is 0 Å². The van der Waals surface area contributed by atoms with Crippen LogP contribution in [0.2, 0.25) is 0 Å². The first-order valence-corrected chi connectivity index (χ1v) is 9.41. The van der Waals surface area contributed by atoms with E-state index in [2.05, 4.69) is 10.4 Å². The van der Waals surface area contributed by atoms with Gasteiger partial charge in [0.1, 0.15) is 5.82 Å². The number of benzene rings is 3. The number of fused-ring (bicyclic) bond motifs is 1. The van der Waals surface area contributed by atoms with Gasteiger partial charge in [-0.3, -0.25) is 4.79 Å². The third kappa shape index (κ3) is 4.14. The summed E-state index contributed by atoms with van der Waals surface area (Å²) in [6.07, 6.45) is -2.91. The lowest BCUT2D eigenvalue weighted by atomic mass is 10.1. The Balaban J connectivity index is 1.60. The summed E-state index contributed by atoms with van der Waals surface area (Å²) in [5, 5.41) is 7.58. The number of aryl methyl sites for hydroxylation is 1. The second-order valence-electron chi connectivity index (χ2n) is 7.11. The molecule has 1 N–H and O–H groups in total. The zero-order valence-corrected chi connectivity index (χ0v) is 16.4. The fraction of sp³-hybridized carbons (Fsp3) is 0.130. The Morgan fingerprint density at radius 2 is 1.84 bits per heavy atom. The molecule has 3 aromatic carbocycles. The third-order valence-electron chi connectivity index (χ3n) is 4.95. The highest BCUT2D eigenvalue weighted by atomic mass is 19.4. The molecular weight excluding hydrogens is 410 g/mol. The van der Waals surface area contributed by atoms with Crippen LogP contribution in [0.3, 0.4) is 0 Å². The lowest BCUT2D eigenvalue weighted by Gasteiger charge is -2.10. The number of rotatable bonds is 4. The first-order valence-electron chi connectivity index (χ1n) is 9.41. The van der Waals surface area contributed by atoms with Crippen molar-refractivity contribution in [3.8, 4) is 5.69 Å². The molecule has 31 heavy (non-hydrogen) atoms. The molecule has 4 nitrogen and oxygen atoms in total. The molecule has 0 unspecified atom stereocenters. The van der Waals surface area contributed by atoms with Crippen LogP contribution in [-0.2, 0) is 12.7 Å². The van der Waals surface area contributed by atoms with Crippen LogP contribution in [-0.4, -0.2) is 15.7 Å². The van der Waals surface area contributed by atoms with Gasteiger partial charge in [-0.25, -0.2) is 9.07 Å². The van der Waals surface area contributed by atoms with Gasteiger partial charge >= 0.3 is 6.18 Å². The third-order valence-corrected chi connectivity index (χ3v) is 4.95. The molecule has 158 valence electrons. The highest BCUT2D eigenvalue weighted by molar-refractivity contribution is 6.06. The van der Waals surface area contributed by atoms with E-state index in [0.717, 1.165) is 12.1 Å². The molecule has 0 radical (unpaired) electrons. The molecule has 1 amide bonds. The summed E-state index contributed by atoms with van der Waals surface area (Å²) < 4.78 is 53.7. The molecular formula is C23H17F4N3O. The lowest BCUT2D eigenvalue weighted by molar-refractivity contribution is -0.137. The van der Waals surface area contributed by atoms with Crippen molar-refractivity contribution in [2.24, 2.45) is 0 Å². The Bertz CT molecular complexity index is 1280. The van der Waals surface area contributed by atoms with Gasteiger partial charge in [0.05, 0.1) is 28.5 Å². The quantitative estimate of drug-likeness (QED) is 0.442. The number of nitrogens with zero attached hydrogens (tertiary/aromatic N) is 2. The molecule has 0 atom stereocenters. The number of nitrogens with one attached hydrogen (secondary N) is 1. The fourth-order valence-corrected chi connectivity index (χ4v) is 3.43. The van der Waals surface area contributed by atoms with Crippen molar-refractivity contribution < 1.29 is 22.4 Å². The summed E-state index contributed by atoms with van der Waals surface area (Å²) in [6, 6.07) is 14.3. The minimum Gasteiger partial charge on any atom is -0.348 e. The zero-order valence-electron chi connectivity index (χ0n) is 16.4. The predicted octanol–water partition coefficient (Wildman–Crippen LogP) is 5.42. The van der Waals surface area contributed by atoms with E-state index in [1.165, 1.54) is 30.5 Å². The SMILES string of the molecule is Cc1cc(F)ccc1-n1ncc2c(C(=O)NCc3cccc(C(F)(F)F)c3)cccc21. The summed E-state index contributed by atoms with van der Waals surface area (Å²) in [4.78, 5) is 12.8. The number of amides is 1. The number of carbonyl (C=O) groups is 1. The summed E-state index contributed by atoms with van der Waals surface area (Å²) >= 11 is 0. The first-order chi connectivity index (χ1) is 14.7. The Hall–Kier alpha value is -3.68. The summed E-state index contributed by atoms with van der Waals surface area (Å²) in [6.45, 7) is 1.71. The van der Waals surface area contributed by atoms with Crippen LogP contribution in [0.1, 0.15) is 27.0 Å². The molecule has 0 spiro atoms. The molecule has 0 fully saturated rings. The van der Waals surface area contributed by atoms with Crippen molar-refractivity contribution >= 4 is 16.8 Å². The minimum absolute atomic E-state index is 0.0512. The molecule has 0 aliphatic carbocycles. The normalized spacial score (nSPS) is 11.6. The molecule has 0 aliphatic heterocycles. The van der Waals surface area contributed by atoms with Gasteiger partial charge in [0.2, 0.25) is 0 Å². The van der Waals surface area contributed by atoms with E-state index in [-0.39, 0.29) is 12.4 Å². The maximum Gasteiger partial charge on any atom is 0.416 e. The van der Waals surface area contributed by atoms with Crippen molar-refractivity contribution in [1.82, 2.24) is 15.1 Å². The van der Waals surface area contributed by atoms with E-state index < -0.39 is 17.6 Å². The number of alkyl halides is 3. The highest BCUT2D eigenvalue weighted by Gasteiger charge is 2.30. The van der Waals surface area contributed by atoms with Crippen molar-refractivity contribution in [1.29, 1.82) is 0 Å².